The summed E-state index contributed by atoms with van der Waals surface area (Å²) in [4.78, 5) is 16.4. The summed E-state index contributed by atoms with van der Waals surface area (Å²) >= 11 is 0. The smallest absolute Gasteiger partial charge is 0.311 e. The number of methoxy groups -OCH3 is 1. The number of esters is 1. The number of nitrogens with one attached hydrogen (secondary N) is 2. The van der Waals surface area contributed by atoms with Crippen molar-refractivity contribution >= 4 is 5.97 Å². The highest BCUT2D eigenvalue weighted by Gasteiger charge is 2.58. The van der Waals surface area contributed by atoms with Crippen LogP contribution in [-0.2, 0) is 33.2 Å². The molecule has 0 bridgehead atoms. The molecule has 3 fully saturated rings. The van der Waals surface area contributed by atoms with Crippen molar-refractivity contribution in [3.05, 3.63) is 0 Å². The second-order valence-electron chi connectivity index (χ2n) is 18.2. The normalized spacial score (nSPS) is 45.2. The van der Waals surface area contributed by atoms with Crippen molar-refractivity contribution in [2.45, 2.75) is 198 Å². The minimum atomic E-state index is -1.81. The first-order valence-corrected chi connectivity index (χ1v) is 20.9. The Morgan fingerprint density at radius 1 is 1.05 bits per heavy atom. The van der Waals surface area contributed by atoms with Crippen molar-refractivity contribution < 1.29 is 58.7 Å². The van der Waals surface area contributed by atoms with Crippen molar-refractivity contribution in [1.29, 1.82) is 0 Å². The molecule has 18 atom stereocenters. The van der Waals surface area contributed by atoms with Crippen LogP contribution in [0.2, 0.25) is 0 Å². The zero-order valence-corrected chi connectivity index (χ0v) is 36.8. The quantitative estimate of drug-likeness (QED) is 0.105. The fourth-order valence-corrected chi connectivity index (χ4v) is 9.21. The molecule has 0 spiro atoms. The van der Waals surface area contributed by atoms with Gasteiger partial charge in [-0.05, 0) is 107 Å². The Kier molecular flexibility index (Phi) is 17.6. The van der Waals surface area contributed by atoms with E-state index in [0.29, 0.717) is 19.5 Å². The minimum absolute atomic E-state index is 0.0928. The van der Waals surface area contributed by atoms with Crippen LogP contribution < -0.4 is 10.6 Å². The van der Waals surface area contributed by atoms with Crippen LogP contribution in [0.4, 0.5) is 0 Å². The van der Waals surface area contributed by atoms with E-state index in [2.05, 4.69) is 10.6 Å². The van der Waals surface area contributed by atoms with Crippen LogP contribution in [0, 0.1) is 17.8 Å². The van der Waals surface area contributed by atoms with Gasteiger partial charge in [0.1, 0.15) is 29.0 Å². The lowest BCUT2D eigenvalue weighted by Crippen LogP contribution is -2.70. The molecular weight excluding hydrogens is 726 g/mol. The minimum Gasteiger partial charge on any atom is -0.457 e. The summed E-state index contributed by atoms with van der Waals surface area (Å²) in [5, 5.41) is 65.4. The number of nitrogens with zero attached hydrogens (tertiary/aromatic N) is 1. The van der Waals surface area contributed by atoms with Gasteiger partial charge in [-0.1, -0.05) is 27.7 Å². The standard InChI is InChI=1S/C41H79N3O12/c1-15-17-42-22-41(50)28(8)53-31(20-39(41,10)51-14)54-33-25(5)34(56-37-32(46)29(44(12)13)18-24(4)52-37)38(9,48)19-23(3)21-43-27(7)35(55-36(47)26(33)6)40(11,49)30(45)16-2/h23-35,37,42-43,45-46,48-50H,15-22H2,1-14H3/t23-,24-,25+,26-,27-,28+,29+,30+,31+,32-,33+,34-,35?,37?,38-,39-,40-,41+/m1/s1. The van der Waals surface area contributed by atoms with Crippen molar-refractivity contribution in [3.8, 4) is 0 Å². The largest absolute Gasteiger partial charge is 0.457 e. The maximum absolute atomic E-state index is 14.5. The highest BCUT2D eigenvalue weighted by molar-refractivity contribution is 5.73. The fraction of sp³-hybridized carbons (Fsp3) is 0.976. The van der Waals surface area contributed by atoms with Crippen LogP contribution in [0.1, 0.15) is 108 Å². The van der Waals surface area contributed by atoms with Gasteiger partial charge in [-0.25, -0.2) is 0 Å². The molecule has 3 heterocycles. The number of aliphatic hydroxyl groups is 5. The topological polar surface area (TPSA) is 201 Å². The van der Waals surface area contributed by atoms with E-state index >= 15 is 0 Å². The van der Waals surface area contributed by atoms with Crippen molar-refractivity contribution in [2.24, 2.45) is 17.8 Å². The average Bonchev–Trinajstić information content (AvgIpc) is 3.12. The number of carbonyl (C=O) groups excluding carboxylic acids is 1. The molecule has 3 aliphatic rings. The number of likely N-dealkylation sites (N-methyl/N-ethyl adjacent to an activating group) is 1. The number of carbonyl (C=O) groups is 1. The van der Waals surface area contributed by atoms with E-state index in [0.717, 1.165) is 6.42 Å². The first-order valence-electron chi connectivity index (χ1n) is 20.9. The zero-order valence-electron chi connectivity index (χ0n) is 36.8. The molecule has 3 saturated heterocycles. The summed E-state index contributed by atoms with van der Waals surface area (Å²) in [6, 6.07) is -0.875. The van der Waals surface area contributed by atoms with Gasteiger partial charge in [0, 0.05) is 38.1 Å². The Labute approximate surface area is 336 Å². The summed E-state index contributed by atoms with van der Waals surface area (Å²) in [6.45, 7) is 20.9. The lowest BCUT2D eigenvalue weighted by atomic mass is 9.75. The second-order valence-corrected chi connectivity index (χ2v) is 18.2. The Morgan fingerprint density at radius 3 is 2.27 bits per heavy atom. The summed E-state index contributed by atoms with van der Waals surface area (Å²) in [5.74, 6) is -2.67. The molecule has 0 saturated carbocycles. The van der Waals surface area contributed by atoms with Crippen LogP contribution in [0.3, 0.4) is 0 Å². The molecule has 0 aromatic heterocycles. The Balaban J connectivity index is 2.16. The number of hydrogen-bond donors (Lipinski definition) is 7. The molecule has 0 aromatic carbocycles. The van der Waals surface area contributed by atoms with Gasteiger partial charge in [0.15, 0.2) is 12.6 Å². The molecule has 7 N–H and O–H groups in total. The van der Waals surface area contributed by atoms with E-state index < -0.39 is 95.5 Å². The van der Waals surface area contributed by atoms with Gasteiger partial charge in [0.05, 0.1) is 42.0 Å². The van der Waals surface area contributed by atoms with Gasteiger partial charge < -0.3 is 69.5 Å². The van der Waals surface area contributed by atoms with E-state index in [1.165, 1.54) is 14.0 Å². The first-order chi connectivity index (χ1) is 25.9. The molecule has 3 aliphatic heterocycles. The maximum Gasteiger partial charge on any atom is 0.311 e. The highest BCUT2D eigenvalue weighted by atomic mass is 16.7. The number of ether oxygens (including phenoxy) is 6. The molecule has 2 unspecified atom stereocenters. The van der Waals surface area contributed by atoms with Gasteiger partial charge in [-0.15, -0.1) is 0 Å². The van der Waals surface area contributed by atoms with Gasteiger partial charge in [-0.3, -0.25) is 4.79 Å². The third kappa shape index (κ3) is 11.0. The third-order valence-corrected chi connectivity index (χ3v) is 13.0. The molecule has 56 heavy (non-hydrogen) atoms. The van der Waals surface area contributed by atoms with Crippen LogP contribution in [0.5, 0.6) is 0 Å². The highest BCUT2D eigenvalue weighted by Crippen LogP contribution is 2.43. The van der Waals surface area contributed by atoms with Gasteiger partial charge in [0.2, 0.25) is 0 Å². The monoisotopic (exact) mass is 806 g/mol. The molecule has 0 aliphatic carbocycles. The van der Waals surface area contributed by atoms with Crippen LogP contribution in [0.15, 0.2) is 0 Å². The molecular formula is C41H79N3O12. The zero-order chi connectivity index (χ0) is 42.6. The van der Waals surface area contributed by atoms with Gasteiger partial charge in [-0.2, -0.15) is 0 Å². The Hall–Kier alpha value is -1.05. The number of cyclic esters (lactones) is 1. The van der Waals surface area contributed by atoms with Crippen molar-refractivity contribution in [1.82, 2.24) is 15.5 Å². The Morgan fingerprint density at radius 2 is 1.70 bits per heavy atom. The maximum atomic E-state index is 14.5. The van der Waals surface area contributed by atoms with E-state index in [-0.39, 0.29) is 43.9 Å². The SMILES string of the molecule is CCCNC[C@]1(O)[C@H](C)O[C@@H](O[C@H]2[C@H](C)[C@@H](OC3O[C@H](C)C[C@H](N(C)C)[C@H]3O)[C@](C)(O)C[C@@H](C)CN[C@H](C)C([C@](C)(O)[C@@H](O)CC)OC(=O)[C@@H]2C)C[C@@]1(C)OC. The summed E-state index contributed by atoms with van der Waals surface area (Å²) in [6.07, 6.45) is -6.62. The number of hydrogen-bond acceptors (Lipinski definition) is 15. The molecule has 0 radical (unpaired) electrons. The van der Waals surface area contributed by atoms with E-state index in [9.17, 15) is 30.3 Å². The van der Waals surface area contributed by atoms with Crippen LogP contribution in [-0.4, -0.2) is 167 Å². The predicted molar refractivity (Wildman–Crippen MR) is 212 cm³/mol. The second kappa shape index (κ2) is 20.0. The summed E-state index contributed by atoms with van der Waals surface area (Å²) in [5.41, 5.74) is -5.93. The van der Waals surface area contributed by atoms with Gasteiger partial charge >= 0.3 is 5.97 Å². The van der Waals surface area contributed by atoms with E-state index in [1.807, 2.05) is 53.6 Å². The third-order valence-electron chi connectivity index (χ3n) is 13.0. The molecule has 0 aromatic rings. The lowest BCUT2D eigenvalue weighted by molar-refractivity contribution is -0.336. The van der Waals surface area contributed by atoms with Crippen molar-refractivity contribution in [2.75, 3.05) is 40.8 Å². The molecule has 3 rings (SSSR count). The molecule has 0 amide bonds. The van der Waals surface area contributed by atoms with Crippen LogP contribution in [0.25, 0.3) is 0 Å². The molecule has 15 heteroatoms. The number of rotatable bonds is 13. The fourth-order valence-electron chi connectivity index (χ4n) is 9.21. The number of aliphatic hydroxyl groups excluding tert-OH is 2. The predicted octanol–water partition coefficient (Wildman–Crippen LogP) is 1.93. The van der Waals surface area contributed by atoms with Gasteiger partial charge in [0.25, 0.3) is 0 Å². The van der Waals surface area contributed by atoms with Crippen molar-refractivity contribution in [3.63, 3.8) is 0 Å². The summed E-state index contributed by atoms with van der Waals surface area (Å²) < 4.78 is 38.4. The lowest BCUT2D eigenvalue weighted by Gasteiger charge is -2.53. The summed E-state index contributed by atoms with van der Waals surface area (Å²) in [7, 11) is 5.31. The van der Waals surface area contributed by atoms with E-state index in [1.54, 1.807) is 34.6 Å². The Bertz CT molecular complexity index is 1230. The molecule has 330 valence electrons. The van der Waals surface area contributed by atoms with Crippen LogP contribution >= 0.6 is 0 Å². The first kappa shape index (κ1) is 49.3. The molecule has 15 nitrogen and oxygen atoms in total. The average molecular weight is 806 g/mol. The van der Waals surface area contributed by atoms with E-state index in [4.69, 9.17) is 28.4 Å².